The van der Waals surface area contributed by atoms with E-state index >= 15 is 0 Å². The number of benzene rings is 1. The summed E-state index contributed by atoms with van der Waals surface area (Å²) in [4.78, 5) is 10.2. The Kier molecular flexibility index (Phi) is 4.37. The minimum atomic E-state index is -3.93. The van der Waals surface area contributed by atoms with Crippen molar-refractivity contribution in [1.82, 2.24) is 4.31 Å². The third-order valence-corrected chi connectivity index (χ3v) is 4.39. The zero-order valence-electron chi connectivity index (χ0n) is 10.9. The van der Waals surface area contributed by atoms with E-state index in [1.807, 2.05) is 6.07 Å². The van der Waals surface area contributed by atoms with Gasteiger partial charge in [0, 0.05) is 19.2 Å². The predicted octanol–water partition coefficient (Wildman–Crippen LogP) is 0.455. The summed E-state index contributed by atoms with van der Waals surface area (Å²) in [7, 11) is -3.93. The number of hydrogen-bond acceptors (Lipinski definition) is 6. The molecule has 0 aromatic heterocycles. The largest absolute Gasteiger partial charge is 0.379 e. The number of nitriles is 1. The van der Waals surface area contributed by atoms with E-state index in [-0.39, 0.29) is 37.6 Å². The van der Waals surface area contributed by atoms with E-state index in [2.05, 4.69) is 4.72 Å². The first-order valence-corrected chi connectivity index (χ1v) is 7.42. The number of nitro groups is 1. The molecule has 1 N–H and O–H groups in total. The van der Waals surface area contributed by atoms with E-state index in [9.17, 15) is 18.5 Å². The van der Waals surface area contributed by atoms with Crippen LogP contribution in [0.2, 0.25) is 0 Å². The van der Waals surface area contributed by atoms with Gasteiger partial charge in [-0.15, -0.1) is 0 Å². The maximum atomic E-state index is 12.2. The first-order chi connectivity index (χ1) is 9.94. The highest BCUT2D eigenvalue weighted by Gasteiger charge is 2.27. The molecule has 0 aliphatic carbocycles. The molecule has 0 radical (unpaired) electrons. The molecule has 1 aliphatic heterocycles. The Labute approximate surface area is 121 Å². The van der Waals surface area contributed by atoms with Crippen LogP contribution in [0, 0.1) is 21.4 Å². The van der Waals surface area contributed by atoms with E-state index in [4.69, 9.17) is 10.00 Å². The van der Waals surface area contributed by atoms with Crippen molar-refractivity contribution in [2.75, 3.05) is 31.0 Å². The Balaban J connectivity index is 2.33. The molecular weight excluding hydrogens is 300 g/mol. The lowest BCUT2D eigenvalue weighted by Gasteiger charge is -2.26. The second kappa shape index (κ2) is 6.04. The Morgan fingerprint density at radius 2 is 2.05 bits per heavy atom. The van der Waals surface area contributed by atoms with Crippen LogP contribution in [0.5, 0.6) is 0 Å². The van der Waals surface area contributed by atoms with Gasteiger partial charge in [-0.25, -0.2) is 0 Å². The van der Waals surface area contributed by atoms with Crippen LogP contribution in [0.3, 0.4) is 0 Å². The van der Waals surface area contributed by atoms with E-state index in [1.54, 1.807) is 0 Å². The van der Waals surface area contributed by atoms with Crippen LogP contribution in [-0.2, 0) is 14.9 Å². The Morgan fingerprint density at radius 3 is 2.62 bits per heavy atom. The minimum absolute atomic E-state index is 0.125. The van der Waals surface area contributed by atoms with Gasteiger partial charge in [0.25, 0.3) is 5.69 Å². The van der Waals surface area contributed by atoms with Gasteiger partial charge in [-0.2, -0.15) is 18.0 Å². The molecule has 0 spiro atoms. The predicted molar refractivity (Wildman–Crippen MR) is 72.7 cm³/mol. The molecule has 0 amide bonds. The van der Waals surface area contributed by atoms with E-state index in [0.717, 1.165) is 16.4 Å². The molecule has 0 unspecified atom stereocenters. The third kappa shape index (κ3) is 3.46. The van der Waals surface area contributed by atoms with Crippen LogP contribution >= 0.6 is 0 Å². The van der Waals surface area contributed by atoms with Gasteiger partial charge in [0.1, 0.15) is 5.69 Å². The van der Waals surface area contributed by atoms with Crippen LogP contribution in [0.1, 0.15) is 5.56 Å². The second-order valence-corrected chi connectivity index (χ2v) is 5.89. The number of nitrogens with one attached hydrogen (secondary N) is 1. The SMILES string of the molecule is N#Cc1ccc([N+](=O)[O-])c(NS(=O)(=O)N2CCOCC2)c1. The molecule has 0 saturated carbocycles. The van der Waals surface area contributed by atoms with Crippen LogP contribution in [0.25, 0.3) is 0 Å². The van der Waals surface area contributed by atoms with Crippen molar-refractivity contribution < 1.29 is 18.1 Å². The van der Waals surface area contributed by atoms with Gasteiger partial charge in [0.2, 0.25) is 0 Å². The van der Waals surface area contributed by atoms with Crippen LogP contribution in [0.15, 0.2) is 18.2 Å². The average Bonchev–Trinajstić information content (AvgIpc) is 2.47. The molecule has 1 saturated heterocycles. The summed E-state index contributed by atoms with van der Waals surface area (Å²) >= 11 is 0. The summed E-state index contributed by atoms with van der Waals surface area (Å²) in [5, 5.41) is 19.8. The Morgan fingerprint density at radius 1 is 1.38 bits per heavy atom. The van der Waals surface area contributed by atoms with Gasteiger partial charge >= 0.3 is 10.2 Å². The van der Waals surface area contributed by atoms with Crippen LogP contribution in [-0.4, -0.2) is 43.9 Å². The zero-order chi connectivity index (χ0) is 15.5. The molecule has 1 aromatic rings. The fourth-order valence-corrected chi connectivity index (χ4v) is 3.04. The molecule has 9 nitrogen and oxygen atoms in total. The van der Waals surface area contributed by atoms with Gasteiger partial charge in [-0.3, -0.25) is 14.8 Å². The van der Waals surface area contributed by atoms with Gasteiger partial charge < -0.3 is 4.74 Å². The highest BCUT2D eigenvalue weighted by molar-refractivity contribution is 7.90. The van der Waals surface area contributed by atoms with Crippen molar-refractivity contribution in [2.45, 2.75) is 0 Å². The van der Waals surface area contributed by atoms with Crippen molar-refractivity contribution in [3.8, 4) is 6.07 Å². The number of morpholine rings is 1. The number of anilines is 1. The molecular formula is C11H12N4O5S. The number of ether oxygens (including phenoxy) is 1. The first kappa shape index (κ1) is 15.2. The fourth-order valence-electron chi connectivity index (χ4n) is 1.84. The lowest BCUT2D eigenvalue weighted by Crippen LogP contribution is -2.43. The number of rotatable bonds is 4. The van der Waals surface area contributed by atoms with Crippen LogP contribution < -0.4 is 4.72 Å². The first-order valence-electron chi connectivity index (χ1n) is 5.98. The summed E-state index contributed by atoms with van der Waals surface area (Å²) in [5.41, 5.74) is -0.517. The van der Waals surface area contributed by atoms with Gasteiger partial charge in [0.05, 0.1) is 29.8 Å². The topological polar surface area (TPSA) is 126 Å². The summed E-state index contributed by atoms with van der Waals surface area (Å²) in [6.45, 7) is 0.866. The number of hydrogen-bond donors (Lipinski definition) is 1. The maximum absolute atomic E-state index is 12.2. The minimum Gasteiger partial charge on any atom is -0.379 e. The van der Waals surface area contributed by atoms with Crippen LogP contribution in [0.4, 0.5) is 11.4 Å². The Bertz CT molecular complexity index is 691. The molecule has 0 atom stereocenters. The average molecular weight is 312 g/mol. The molecule has 10 heteroatoms. The maximum Gasteiger partial charge on any atom is 0.302 e. The highest BCUT2D eigenvalue weighted by Crippen LogP contribution is 2.27. The quantitative estimate of drug-likeness (QED) is 0.635. The molecule has 2 rings (SSSR count). The highest BCUT2D eigenvalue weighted by atomic mass is 32.2. The summed E-state index contributed by atoms with van der Waals surface area (Å²) < 4.78 is 32.7. The molecule has 1 fully saturated rings. The molecule has 21 heavy (non-hydrogen) atoms. The normalized spacial score (nSPS) is 16.1. The monoisotopic (exact) mass is 312 g/mol. The Hall–Kier alpha value is -2.22. The molecule has 1 aromatic carbocycles. The summed E-state index contributed by atoms with van der Waals surface area (Å²) in [5.74, 6) is 0. The zero-order valence-corrected chi connectivity index (χ0v) is 11.7. The van der Waals surface area contributed by atoms with E-state index in [1.165, 1.54) is 6.07 Å². The molecule has 112 valence electrons. The number of nitro benzene ring substituents is 1. The lowest BCUT2D eigenvalue weighted by molar-refractivity contribution is -0.383. The van der Waals surface area contributed by atoms with Crippen molar-refractivity contribution in [2.24, 2.45) is 0 Å². The summed E-state index contributed by atoms with van der Waals surface area (Å²) in [6, 6.07) is 5.29. The van der Waals surface area contributed by atoms with Gasteiger partial charge in [-0.1, -0.05) is 0 Å². The molecule has 0 bridgehead atoms. The fraction of sp³-hybridized carbons (Fsp3) is 0.364. The van der Waals surface area contributed by atoms with E-state index < -0.39 is 20.8 Å². The molecule has 1 aliphatic rings. The summed E-state index contributed by atoms with van der Waals surface area (Å²) in [6.07, 6.45) is 0. The standard InChI is InChI=1S/C11H12N4O5S/c12-8-9-1-2-11(15(16)17)10(7-9)13-21(18,19)14-3-5-20-6-4-14/h1-2,7,13H,3-6H2. The third-order valence-electron chi connectivity index (χ3n) is 2.87. The van der Waals surface area contributed by atoms with Gasteiger partial charge in [0.15, 0.2) is 0 Å². The van der Waals surface area contributed by atoms with Crippen molar-refractivity contribution >= 4 is 21.6 Å². The van der Waals surface area contributed by atoms with Crippen molar-refractivity contribution in [3.05, 3.63) is 33.9 Å². The van der Waals surface area contributed by atoms with Crippen molar-refractivity contribution in [3.63, 3.8) is 0 Å². The second-order valence-electron chi connectivity index (χ2n) is 4.22. The van der Waals surface area contributed by atoms with Gasteiger partial charge in [-0.05, 0) is 12.1 Å². The number of nitrogens with zero attached hydrogens (tertiary/aromatic N) is 3. The lowest BCUT2D eigenvalue weighted by atomic mass is 10.2. The van der Waals surface area contributed by atoms with Crippen molar-refractivity contribution in [1.29, 1.82) is 5.26 Å². The van der Waals surface area contributed by atoms with E-state index in [0.29, 0.717) is 0 Å². The molecule has 1 heterocycles. The smallest absolute Gasteiger partial charge is 0.302 e.